The molecule has 2 aliphatic heterocycles. The molecule has 0 spiro atoms. The molecule has 19 heavy (non-hydrogen) atoms. The summed E-state index contributed by atoms with van der Waals surface area (Å²) in [6.07, 6.45) is 11.7. The first-order chi connectivity index (χ1) is 9.24. The molecule has 2 N–H and O–H groups in total. The lowest BCUT2D eigenvalue weighted by atomic mass is 9.71. The SMILES string of the molecule is CC[C@@]1(C(=O)NCC2=CCCCC2)C[C@@H]2CC[C@H]1N2. The van der Waals surface area contributed by atoms with Crippen molar-refractivity contribution in [2.75, 3.05) is 6.54 Å². The van der Waals surface area contributed by atoms with Gasteiger partial charge in [-0.1, -0.05) is 18.6 Å². The molecule has 3 nitrogen and oxygen atoms in total. The van der Waals surface area contributed by atoms with E-state index < -0.39 is 0 Å². The van der Waals surface area contributed by atoms with Crippen LogP contribution in [0.3, 0.4) is 0 Å². The minimum absolute atomic E-state index is 0.127. The van der Waals surface area contributed by atoms with Gasteiger partial charge in [0.25, 0.3) is 0 Å². The van der Waals surface area contributed by atoms with E-state index in [4.69, 9.17) is 0 Å². The molecule has 1 amide bonds. The minimum Gasteiger partial charge on any atom is -0.352 e. The van der Waals surface area contributed by atoms with Crippen molar-refractivity contribution < 1.29 is 4.79 Å². The zero-order valence-corrected chi connectivity index (χ0v) is 12.0. The first-order valence-corrected chi connectivity index (χ1v) is 7.97. The van der Waals surface area contributed by atoms with E-state index in [9.17, 15) is 4.79 Å². The Bertz CT molecular complexity index is 390. The molecule has 106 valence electrons. The highest BCUT2D eigenvalue weighted by atomic mass is 16.2. The topological polar surface area (TPSA) is 41.1 Å². The van der Waals surface area contributed by atoms with Crippen LogP contribution < -0.4 is 10.6 Å². The molecule has 0 unspecified atom stereocenters. The number of hydrogen-bond acceptors (Lipinski definition) is 2. The van der Waals surface area contributed by atoms with Gasteiger partial charge in [-0.2, -0.15) is 0 Å². The Morgan fingerprint density at radius 1 is 1.47 bits per heavy atom. The highest BCUT2D eigenvalue weighted by Gasteiger charge is 2.54. The van der Waals surface area contributed by atoms with Gasteiger partial charge in [0.1, 0.15) is 0 Å². The van der Waals surface area contributed by atoms with Crippen molar-refractivity contribution in [2.45, 2.75) is 70.4 Å². The van der Waals surface area contributed by atoms with Crippen LogP contribution in [0.15, 0.2) is 11.6 Å². The zero-order chi connectivity index (χ0) is 13.3. The summed E-state index contributed by atoms with van der Waals surface area (Å²) in [6.45, 7) is 2.94. The second-order valence-electron chi connectivity index (χ2n) is 6.50. The Balaban J connectivity index is 1.61. The number of amides is 1. The van der Waals surface area contributed by atoms with Crippen LogP contribution in [0.1, 0.15) is 58.3 Å². The highest BCUT2D eigenvalue weighted by molar-refractivity contribution is 5.84. The summed E-state index contributed by atoms with van der Waals surface area (Å²) in [7, 11) is 0. The second kappa shape index (κ2) is 5.28. The van der Waals surface area contributed by atoms with Crippen molar-refractivity contribution >= 4 is 5.91 Å². The number of allylic oxidation sites excluding steroid dienone is 1. The molecule has 0 saturated carbocycles. The maximum atomic E-state index is 12.7. The van der Waals surface area contributed by atoms with Gasteiger partial charge in [-0.3, -0.25) is 4.79 Å². The highest BCUT2D eigenvalue weighted by Crippen LogP contribution is 2.45. The van der Waals surface area contributed by atoms with Gasteiger partial charge in [0.05, 0.1) is 5.41 Å². The van der Waals surface area contributed by atoms with E-state index in [2.05, 4.69) is 23.6 Å². The predicted molar refractivity (Wildman–Crippen MR) is 76.8 cm³/mol. The Morgan fingerprint density at radius 2 is 2.37 bits per heavy atom. The first-order valence-electron chi connectivity index (χ1n) is 7.97. The number of carbonyl (C=O) groups excluding carboxylic acids is 1. The molecular formula is C16H26N2O. The van der Waals surface area contributed by atoms with Gasteiger partial charge >= 0.3 is 0 Å². The third-order valence-corrected chi connectivity index (χ3v) is 5.46. The number of rotatable bonds is 4. The lowest BCUT2D eigenvalue weighted by Gasteiger charge is -2.34. The fourth-order valence-corrected chi connectivity index (χ4v) is 4.24. The van der Waals surface area contributed by atoms with Crippen LogP contribution in [0.2, 0.25) is 0 Å². The van der Waals surface area contributed by atoms with E-state index in [-0.39, 0.29) is 5.41 Å². The lowest BCUT2D eigenvalue weighted by molar-refractivity contribution is -0.132. The van der Waals surface area contributed by atoms with Crippen LogP contribution in [0.4, 0.5) is 0 Å². The summed E-state index contributed by atoms with van der Waals surface area (Å²) in [5.74, 6) is 0.293. The first kappa shape index (κ1) is 13.2. The molecule has 0 aromatic heterocycles. The lowest BCUT2D eigenvalue weighted by Crippen LogP contribution is -2.48. The average molecular weight is 262 g/mol. The number of hydrogen-bond donors (Lipinski definition) is 2. The van der Waals surface area contributed by atoms with E-state index in [0.717, 1.165) is 19.4 Å². The number of carbonyl (C=O) groups is 1. The van der Waals surface area contributed by atoms with Crippen molar-refractivity contribution in [3.05, 3.63) is 11.6 Å². The van der Waals surface area contributed by atoms with Gasteiger partial charge in [-0.05, 0) is 51.4 Å². The summed E-state index contributed by atoms with van der Waals surface area (Å²) >= 11 is 0. The maximum absolute atomic E-state index is 12.7. The maximum Gasteiger partial charge on any atom is 0.228 e. The number of fused-ring (bicyclic) bond motifs is 2. The molecule has 0 radical (unpaired) electrons. The molecule has 3 atom stereocenters. The van der Waals surface area contributed by atoms with Crippen LogP contribution in [-0.4, -0.2) is 24.5 Å². The van der Waals surface area contributed by atoms with Crippen molar-refractivity contribution in [1.82, 2.24) is 10.6 Å². The molecule has 3 heteroatoms. The van der Waals surface area contributed by atoms with Crippen molar-refractivity contribution in [2.24, 2.45) is 5.41 Å². The zero-order valence-electron chi connectivity index (χ0n) is 12.0. The summed E-state index contributed by atoms with van der Waals surface area (Å²) < 4.78 is 0. The third-order valence-electron chi connectivity index (χ3n) is 5.46. The van der Waals surface area contributed by atoms with Crippen LogP contribution in [0.25, 0.3) is 0 Å². The molecule has 0 aromatic carbocycles. The quantitative estimate of drug-likeness (QED) is 0.764. The van der Waals surface area contributed by atoms with Crippen molar-refractivity contribution in [1.29, 1.82) is 0 Å². The predicted octanol–water partition coefficient (Wildman–Crippen LogP) is 2.52. The molecule has 2 saturated heterocycles. The van der Waals surface area contributed by atoms with E-state index in [1.807, 2.05) is 0 Å². The normalized spacial score (nSPS) is 37.2. The Morgan fingerprint density at radius 3 is 2.95 bits per heavy atom. The largest absolute Gasteiger partial charge is 0.352 e. The summed E-state index contributed by atoms with van der Waals surface area (Å²) in [4.78, 5) is 12.7. The second-order valence-corrected chi connectivity index (χ2v) is 6.50. The minimum atomic E-state index is -0.127. The molecule has 0 aromatic rings. The Kier molecular flexibility index (Phi) is 3.66. The fraction of sp³-hybridized carbons (Fsp3) is 0.812. The van der Waals surface area contributed by atoms with Gasteiger partial charge < -0.3 is 10.6 Å². The molecule has 3 aliphatic rings. The third kappa shape index (κ3) is 2.33. The van der Waals surface area contributed by atoms with Gasteiger partial charge in [-0.15, -0.1) is 0 Å². The molecule has 1 aliphatic carbocycles. The van der Waals surface area contributed by atoms with E-state index in [1.54, 1.807) is 0 Å². The molecule has 2 bridgehead atoms. The van der Waals surface area contributed by atoms with Gasteiger partial charge in [-0.25, -0.2) is 0 Å². The Labute approximate surface area is 116 Å². The van der Waals surface area contributed by atoms with E-state index >= 15 is 0 Å². The van der Waals surface area contributed by atoms with Gasteiger partial charge in [0.2, 0.25) is 5.91 Å². The van der Waals surface area contributed by atoms with Gasteiger partial charge in [0, 0.05) is 18.6 Å². The smallest absolute Gasteiger partial charge is 0.228 e. The summed E-state index contributed by atoms with van der Waals surface area (Å²) in [5.41, 5.74) is 1.31. The Hall–Kier alpha value is -0.830. The summed E-state index contributed by atoms with van der Waals surface area (Å²) in [6, 6.07) is 1.01. The van der Waals surface area contributed by atoms with Crippen LogP contribution in [0.5, 0.6) is 0 Å². The summed E-state index contributed by atoms with van der Waals surface area (Å²) in [5, 5.41) is 6.84. The van der Waals surface area contributed by atoms with Crippen LogP contribution in [-0.2, 0) is 4.79 Å². The molecular weight excluding hydrogens is 236 g/mol. The molecule has 2 heterocycles. The van der Waals surface area contributed by atoms with Crippen molar-refractivity contribution in [3.63, 3.8) is 0 Å². The van der Waals surface area contributed by atoms with Crippen molar-refractivity contribution in [3.8, 4) is 0 Å². The average Bonchev–Trinajstić information content (AvgIpc) is 3.06. The standard InChI is InChI=1S/C16H26N2O/c1-2-16(10-13-8-9-14(16)18-13)15(19)17-11-12-6-4-3-5-7-12/h6,13-14,18H,2-5,7-11H2,1H3,(H,17,19)/t13-,14+,16+/m0/s1. The van der Waals surface area contributed by atoms with Crippen LogP contribution in [0, 0.1) is 5.41 Å². The van der Waals surface area contributed by atoms with Gasteiger partial charge in [0.15, 0.2) is 0 Å². The molecule has 3 rings (SSSR count). The fourth-order valence-electron chi connectivity index (χ4n) is 4.24. The monoisotopic (exact) mass is 262 g/mol. The molecule has 2 fully saturated rings. The van der Waals surface area contributed by atoms with E-state index in [1.165, 1.54) is 44.1 Å². The van der Waals surface area contributed by atoms with E-state index in [0.29, 0.717) is 18.0 Å². The number of nitrogens with one attached hydrogen (secondary N) is 2. The van der Waals surface area contributed by atoms with Crippen LogP contribution >= 0.6 is 0 Å².